The van der Waals surface area contributed by atoms with Crippen molar-refractivity contribution in [2.75, 3.05) is 12.3 Å². The van der Waals surface area contributed by atoms with Crippen LogP contribution >= 0.6 is 11.3 Å². The van der Waals surface area contributed by atoms with Crippen LogP contribution in [0.1, 0.15) is 24.0 Å². The van der Waals surface area contributed by atoms with Gasteiger partial charge in [0.2, 0.25) is 5.95 Å². The second-order valence-corrected chi connectivity index (χ2v) is 5.95. The molecule has 21 heavy (non-hydrogen) atoms. The Morgan fingerprint density at radius 1 is 1.33 bits per heavy atom. The molecule has 0 saturated carbocycles. The summed E-state index contributed by atoms with van der Waals surface area (Å²) in [6.07, 6.45) is 0.963. The Morgan fingerprint density at radius 2 is 2.19 bits per heavy atom. The number of thiazole rings is 1. The van der Waals surface area contributed by atoms with Crippen LogP contribution in [-0.4, -0.2) is 21.1 Å². The van der Waals surface area contributed by atoms with Crippen molar-refractivity contribution in [3.63, 3.8) is 0 Å². The molecule has 0 aliphatic carbocycles. The van der Waals surface area contributed by atoms with Crippen LogP contribution in [0.4, 0.5) is 5.95 Å². The highest BCUT2D eigenvalue weighted by Crippen LogP contribution is 2.28. The van der Waals surface area contributed by atoms with Gasteiger partial charge in [0.05, 0.1) is 29.4 Å². The van der Waals surface area contributed by atoms with Crippen molar-refractivity contribution in [1.29, 1.82) is 0 Å². The topological polar surface area (TPSA) is 66.0 Å². The Hall–Kier alpha value is -2.08. The SMILES string of the molecule is CCCOc1cccc2c1nc(N)n2Cc1csc(C)n1. The lowest BCUT2D eigenvalue weighted by Gasteiger charge is -2.06. The third-order valence-electron chi connectivity index (χ3n) is 3.22. The standard InChI is InChI=1S/C15H18N4OS/c1-3-7-20-13-6-4-5-12-14(13)18-15(16)19(12)8-11-9-21-10(2)17-11/h4-6,9H,3,7-8H2,1-2H3,(H2,16,18). The average Bonchev–Trinajstić information content (AvgIpc) is 3.02. The maximum Gasteiger partial charge on any atom is 0.201 e. The van der Waals surface area contributed by atoms with E-state index < -0.39 is 0 Å². The predicted molar refractivity (Wildman–Crippen MR) is 85.9 cm³/mol. The van der Waals surface area contributed by atoms with E-state index in [0.717, 1.165) is 33.9 Å². The third-order valence-corrected chi connectivity index (χ3v) is 4.04. The van der Waals surface area contributed by atoms with Gasteiger partial charge in [-0.3, -0.25) is 0 Å². The van der Waals surface area contributed by atoms with Gasteiger partial charge in [-0.05, 0) is 25.5 Å². The first-order valence-corrected chi connectivity index (χ1v) is 7.85. The van der Waals surface area contributed by atoms with E-state index in [-0.39, 0.29) is 0 Å². The van der Waals surface area contributed by atoms with Gasteiger partial charge in [-0.25, -0.2) is 9.97 Å². The highest BCUT2D eigenvalue weighted by atomic mass is 32.1. The lowest BCUT2D eigenvalue weighted by Crippen LogP contribution is -2.04. The molecule has 2 N–H and O–H groups in total. The molecule has 0 aliphatic heterocycles. The van der Waals surface area contributed by atoms with Crippen LogP contribution in [-0.2, 0) is 6.54 Å². The summed E-state index contributed by atoms with van der Waals surface area (Å²) in [4.78, 5) is 8.95. The number of para-hydroxylation sites is 1. The minimum atomic E-state index is 0.489. The van der Waals surface area contributed by atoms with Crippen LogP contribution in [0.15, 0.2) is 23.6 Å². The number of hydrogen-bond acceptors (Lipinski definition) is 5. The summed E-state index contributed by atoms with van der Waals surface area (Å²) in [6.45, 7) is 5.39. The molecule has 0 bridgehead atoms. The number of aryl methyl sites for hydroxylation is 1. The molecule has 0 atom stereocenters. The molecule has 0 spiro atoms. The number of benzene rings is 1. The largest absolute Gasteiger partial charge is 0.491 e. The van der Waals surface area contributed by atoms with Crippen LogP contribution in [0.3, 0.4) is 0 Å². The zero-order chi connectivity index (χ0) is 14.8. The molecule has 0 saturated heterocycles. The Balaban J connectivity index is 2.00. The fourth-order valence-electron chi connectivity index (χ4n) is 2.28. The van der Waals surface area contributed by atoms with Crippen molar-refractivity contribution in [3.8, 4) is 5.75 Å². The van der Waals surface area contributed by atoms with Gasteiger partial charge in [0, 0.05) is 5.38 Å². The van der Waals surface area contributed by atoms with Crippen LogP contribution < -0.4 is 10.5 Å². The summed E-state index contributed by atoms with van der Waals surface area (Å²) < 4.78 is 7.72. The molecule has 2 heterocycles. The van der Waals surface area contributed by atoms with Crippen LogP contribution in [0.5, 0.6) is 5.75 Å². The fourth-order valence-corrected chi connectivity index (χ4v) is 2.88. The monoisotopic (exact) mass is 302 g/mol. The van der Waals surface area contributed by atoms with E-state index >= 15 is 0 Å². The number of hydrogen-bond donors (Lipinski definition) is 1. The Morgan fingerprint density at radius 3 is 2.90 bits per heavy atom. The van der Waals surface area contributed by atoms with Gasteiger partial charge in [0.25, 0.3) is 0 Å². The van der Waals surface area contributed by atoms with Gasteiger partial charge >= 0.3 is 0 Å². The van der Waals surface area contributed by atoms with E-state index in [0.29, 0.717) is 19.1 Å². The van der Waals surface area contributed by atoms with E-state index in [9.17, 15) is 0 Å². The third kappa shape index (κ3) is 2.71. The molecule has 2 aromatic heterocycles. The maximum atomic E-state index is 6.08. The molecule has 3 aromatic rings. The van der Waals surface area contributed by atoms with E-state index in [1.165, 1.54) is 0 Å². The van der Waals surface area contributed by atoms with E-state index in [1.807, 2.05) is 29.7 Å². The lowest BCUT2D eigenvalue weighted by molar-refractivity contribution is 0.320. The zero-order valence-corrected chi connectivity index (χ0v) is 13.0. The Kier molecular flexibility index (Phi) is 3.79. The Labute approximate surface area is 127 Å². The quantitative estimate of drug-likeness (QED) is 0.786. The number of anilines is 1. The molecule has 0 aliphatic rings. The smallest absolute Gasteiger partial charge is 0.201 e. The summed E-state index contributed by atoms with van der Waals surface area (Å²) in [5.41, 5.74) is 8.87. The molecule has 5 nitrogen and oxygen atoms in total. The van der Waals surface area contributed by atoms with Gasteiger partial charge < -0.3 is 15.0 Å². The molecule has 3 rings (SSSR count). The van der Waals surface area contributed by atoms with Crippen molar-refractivity contribution in [1.82, 2.24) is 14.5 Å². The van der Waals surface area contributed by atoms with E-state index in [4.69, 9.17) is 10.5 Å². The molecular weight excluding hydrogens is 284 g/mol. The molecule has 0 unspecified atom stereocenters. The highest BCUT2D eigenvalue weighted by Gasteiger charge is 2.13. The molecule has 0 fully saturated rings. The maximum absolute atomic E-state index is 6.08. The number of fused-ring (bicyclic) bond motifs is 1. The van der Waals surface area contributed by atoms with Gasteiger partial charge in [0.15, 0.2) is 0 Å². The number of nitrogen functional groups attached to an aromatic ring is 1. The average molecular weight is 302 g/mol. The number of nitrogens with zero attached hydrogens (tertiary/aromatic N) is 3. The van der Waals surface area contributed by atoms with E-state index in [1.54, 1.807) is 11.3 Å². The van der Waals surface area contributed by atoms with Gasteiger partial charge in [0.1, 0.15) is 11.3 Å². The van der Waals surface area contributed by atoms with Crippen LogP contribution in [0, 0.1) is 6.92 Å². The second kappa shape index (κ2) is 5.73. The first-order valence-electron chi connectivity index (χ1n) is 6.97. The number of imidazole rings is 1. The number of aromatic nitrogens is 3. The lowest BCUT2D eigenvalue weighted by atomic mass is 10.3. The zero-order valence-electron chi connectivity index (χ0n) is 12.2. The molecule has 6 heteroatoms. The van der Waals surface area contributed by atoms with Crippen molar-refractivity contribution in [2.45, 2.75) is 26.8 Å². The number of rotatable bonds is 5. The van der Waals surface area contributed by atoms with Crippen molar-refractivity contribution >= 4 is 28.3 Å². The number of nitrogens with two attached hydrogens (primary N) is 1. The van der Waals surface area contributed by atoms with E-state index in [2.05, 4.69) is 22.3 Å². The summed E-state index contributed by atoms with van der Waals surface area (Å²) >= 11 is 1.64. The summed E-state index contributed by atoms with van der Waals surface area (Å²) in [5, 5.41) is 3.11. The molecule has 1 aromatic carbocycles. The van der Waals surface area contributed by atoms with Gasteiger partial charge in [-0.1, -0.05) is 13.0 Å². The van der Waals surface area contributed by atoms with Crippen LogP contribution in [0.2, 0.25) is 0 Å². The first-order chi connectivity index (χ1) is 10.2. The molecular formula is C15H18N4OS. The number of ether oxygens (including phenoxy) is 1. The van der Waals surface area contributed by atoms with Crippen LogP contribution in [0.25, 0.3) is 11.0 Å². The Bertz CT molecular complexity index is 762. The van der Waals surface area contributed by atoms with Gasteiger partial charge in [-0.15, -0.1) is 11.3 Å². The fraction of sp³-hybridized carbons (Fsp3) is 0.333. The van der Waals surface area contributed by atoms with Crippen molar-refractivity contribution < 1.29 is 4.74 Å². The minimum Gasteiger partial charge on any atom is -0.491 e. The summed E-state index contributed by atoms with van der Waals surface area (Å²) in [7, 11) is 0. The predicted octanol–water partition coefficient (Wildman–Crippen LogP) is 3.22. The van der Waals surface area contributed by atoms with Crippen molar-refractivity contribution in [2.24, 2.45) is 0 Å². The minimum absolute atomic E-state index is 0.489. The first kappa shape index (κ1) is 13.9. The normalized spacial score (nSPS) is 11.1. The second-order valence-electron chi connectivity index (χ2n) is 4.89. The summed E-state index contributed by atoms with van der Waals surface area (Å²) in [6, 6.07) is 5.91. The van der Waals surface area contributed by atoms with Gasteiger partial charge in [-0.2, -0.15) is 0 Å². The molecule has 0 amide bonds. The summed E-state index contributed by atoms with van der Waals surface area (Å²) in [5.74, 6) is 1.28. The molecule has 110 valence electrons. The molecule has 0 radical (unpaired) electrons. The highest BCUT2D eigenvalue weighted by molar-refractivity contribution is 7.09. The van der Waals surface area contributed by atoms with Crippen molar-refractivity contribution in [3.05, 3.63) is 34.3 Å².